The number of phosphoric ester groups is 2. The van der Waals surface area contributed by atoms with Crippen LogP contribution in [0.1, 0.15) is 297 Å². The van der Waals surface area contributed by atoms with E-state index >= 15 is 0 Å². The molecule has 0 spiro atoms. The molecule has 19 heteroatoms. The molecule has 5 atom stereocenters. The quantitative estimate of drug-likeness (QED) is 0.0169. The molecule has 0 aliphatic heterocycles. The van der Waals surface area contributed by atoms with E-state index in [1.54, 1.807) is 12.2 Å². The van der Waals surface area contributed by atoms with E-state index in [1.807, 2.05) is 12.2 Å². The molecule has 0 aliphatic rings. The largest absolute Gasteiger partial charge is 0.472 e. The lowest BCUT2D eigenvalue weighted by Gasteiger charge is -2.21. The Hall–Kier alpha value is -5.32. The van der Waals surface area contributed by atoms with Gasteiger partial charge in [-0.15, -0.1) is 0 Å². The van der Waals surface area contributed by atoms with E-state index in [0.29, 0.717) is 25.7 Å². The summed E-state index contributed by atoms with van der Waals surface area (Å²) in [7, 11) is -10.0. The van der Waals surface area contributed by atoms with Crippen LogP contribution in [0.3, 0.4) is 0 Å². The number of hydrogen-bond donors (Lipinski definition) is 3. The predicted octanol–water partition coefficient (Wildman–Crippen LogP) is 23.2. The minimum Gasteiger partial charge on any atom is -0.462 e. The SMILES string of the molecule is CC/C=C\C/C=C\C/C=C\C/C=C\C/C=C\CC(=O)OC(COC(=O)CCCCCC/C=C\C/C=C\C/C=C\C/C=C\CC)COP(=O)(O)OCC(O)COP(=O)(O)OCC(COC(=O)CCCCCCCCC/C=C\C/C=C\C/C=C\CC)OC(=O)CCCCCCC/C=C\CCCCCCCC. The average molecular weight is 1500 g/mol. The Morgan fingerprint density at radius 2 is 0.538 bits per heavy atom. The first-order valence-electron chi connectivity index (χ1n) is 39.7. The minimum atomic E-state index is -5.01. The van der Waals surface area contributed by atoms with Crippen molar-refractivity contribution < 1.29 is 80.2 Å². The van der Waals surface area contributed by atoms with Gasteiger partial charge < -0.3 is 33.8 Å². The highest BCUT2D eigenvalue weighted by atomic mass is 31.2. The fraction of sp³-hybridized carbons (Fsp3) is 0.647. The van der Waals surface area contributed by atoms with Crippen LogP contribution >= 0.6 is 15.6 Å². The van der Waals surface area contributed by atoms with Gasteiger partial charge in [0.25, 0.3) is 0 Å². The first-order valence-corrected chi connectivity index (χ1v) is 42.7. The Kier molecular flexibility index (Phi) is 72.0. The van der Waals surface area contributed by atoms with E-state index in [1.165, 1.54) is 38.5 Å². The smallest absolute Gasteiger partial charge is 0.462 e. The van der Waals surface area contributed by atoms with Crippen LogP contribution in [0.15, 0.2) is 158 Å². The van der Waals surface area contributed by atoms with E-state index in [9.17, 15) is 43.2 Å². The third-order valence-electron chi connectivity index (χ3n) is 16.0. The number of aliphatic hydroxyl groups excluding tert-OH is 1. The Morgan fingerprint density at radius 3 is 0.865 bits per heavy atom. The number of carbonyl (C=O) groups excluding carboxylic acids is 4. The van der Waals surface area contributed by atoms with Crippen molar-refractivity contribution in [1.29, 1.82) is 0 Å². The molecule has 0 amide bonds. The molecule has 0 aromatic heterocycles. The zero-order valence-electron chi connectivity index (χ0n) is 64.6. The lowest BCUT2D eigenvalue weighted by molar-refractivity contribution is -0.161. The summed E-state index contributed by atoms with van der Waals surface area (Å²) in [5, 5.41) is 10.6. The molecular weight excluding hydrogens is 1350 g/mol. The molecule has 0 saturated carbocycles. The maximum Gasteiger partial charge on any atom is 0.472 e. The zero-order valence-corrected chi connectivity index (χ0v) is 66.4. The van der Waals surface area contributed by atoms with E-state index in [-0.39, 0.29) is 25.7 Å². The molecule has 3 N–H and O–H groups in total. The van der Waals surface area contributed by atoms with Gasteiger partial charge in [-0.3, -0.25) is 37.3 Å². The van der Waals surface area contributed by atoms with Crippen molar-refractivity contribution in [3.63, 3.8) is 0 Å². The van der Waals surface area contributed by atoms with Crippen LogP contribution in [0.5, 0.6) is 0 Å². The standard InChI is InChI=1S/C85H140O17P2/c1-5-9-13-17-21-25-29-33-37-39-43-45-49-53-57-61-65-69-82(87)95-75-80(101-84(89)71-67-63-59-55-51-47-41-35-31-27-23-19-15-11-7-3)77-99-103(91,92)97-73-79(86)74-98-104(93,94)100-78-81(102-85(90)72-68-64-60-56-52-48-42-36-32-28-24-20-16-12-8-4)76-96-83(88)70-66-62-58-54-50-46-44-40-38-34-30-26-22-18-14-10-6-2/h9-11,13-15,21-23,25-27,33-38,41-43,45,51,55,63,67,79-81,86H,5-8,12,16-20,24,28-32,39-40,44,46-50,52-54,56-62,64-66,68-78H2,1-4H3,(H,91,92)(H,93,94)/b13-9-,14-10-,15-11-,25-21-,26-22-,27-23-,37-33-,38-34-,41-35-,42-36-,45-43-,55-51-,67-63-. The second-order valence-electron chi connectivity index (χ2n) is 25.9. The predicted molar refractivity (Wildman–Crippen MR) is 427 cm³/mol. The molecule has 5 unspecified atom stereocenters. The number of unbranched alkanes of at least 4 members (excludes halogenated alkanes) is 22. The van der Waals surface area contributed by atoms with E-state index < -0.39 is 97.5 Å². The van der Waals surface area contributed by atoms with Crippen molar-refractivity contribution >= 4 is 39.5 Å². The maximum absolute atomic E-state index is 13.1. The van der Waals surface area contributed by atoms with Gasteiger partial charge in [0, 0.05) is 19.3 Å². The summed E-state index contributed by atoms with van der Waals surface area (Å²) >= 11 is 0. The third kappa shape index (κ3) is 74.9. The molecule has 0 bridgehead atoms. The highest BCUT2D eigenvalue weighted by molar-refractivity contribution is 7.47. The van der Waals surface area contributed by atoms with Crippen LogP contribution in [-0.2, 0) is 65.4 Å². The normalized spacial score (nSPS) is 14.7. The summed E-state index contributed by atoms with van der Waals surface area (Å²) in [5.41, 5.74) is 0. The number of allylic oxidation sites excluding steroid dienone is 25. The molecule has 0 aromatic rings. The van der Waals surface area contributed by atoms with Gasteiger partial charge >= 0.3 is 39.5 Å². The number of ether oxygens (including phenoxy) is 4. The van der Waals surface area contributed by atoms with E-state index in [0.717, 1.165) is 180 Å². The minimum absolute atomic E-state index is 0.0760. The van der Waals surface area contributed by atoms with Crippen LogP contribution in [0.2, 0.25) is 0 Å². The summed E-state index contributed by atoms with van der Waals surface area (Å²) in [5.74, 6) is -2.38. The van der Waals surface area contributed by atoms with Gasteiger partial charge in [-0.2, -0.15) is 0 Å². The monoisotopic (exact) mass is 1490 g/mol. The van der Waals surface area contributed by atoms with Crippen molar-refractivity contribution in [1.82, 2.24) is 0 Å². The van der Waals surface area contributed by atoms with Crippen LogP contribution in [0.25, 0.3) is 0 Å². The first-order chi connectivity index (χ1) is 50.7. The van der Waals surface area contributed by atoms with Crippen LogP contribution in [0, 0.1) is 0 Å². The van der Waals surface area contributed by atoms with Crippen LogP contribution in [0.4, 0.5) is 0 Å². The lowest BCUT2D eigenvalue weighted by atomic mass is 10.1. The van der Waals surface area contributed by atoms with Gasteiger partial charge in [-0.25, -0.2) is 9.13 Å². The topological polar surface area (TPSA) is 237 Å². The van der Waals surface area contributed by atoms with Crippen molar-refractivity contribution in [3.05, 3.63) is 158 Å². The summed E-state index contributed by atoms with van der Waals surface area (Å²) in [6, 6.07) is 0. The number of aliphatic hydroxyl groups is 1. The molecule has 17 nitrogen and oxygen atoms in total. The summed E-state index contributed by atoms with van der Waals surface area (Å²) in [4.78, 5) is 73.0. The fourth-order valence-corrected chi connectivity index (χ4v) is 11.6. The van der Waals surface area contributed by atoms with Crippen LogP contribution < -0.4 is 0 Å². The van der Waals surface area contributed by atoms with Gasteiger partial charge in [-0.1, -0.05) is 282 Å². The molecule has 0 radical (unpaired) electrons. The number of rotatable bonds is 73. The molecular formula is C85H140O17P2. The second-order valence-corrected chi connectivity index (χ2v) is 28.8. The molecule has 0 heterocycles. The van der Waals surface area contributed by atoms with Crippen molar-refractivity contribution in [2.24, 2.45) is 0 Å². The maximum atomic E-state index is 13.1. The fourth-order valence-electron chi connectivity index (χ4n) is 10.1. The zero-order chi connectivity index (χ0) is 76.0. The van der Waals surface area contributed by atoms with E-state index in [2.05, 4.69) is 161 Å². The third-order valence-corrected chi connectivity index (χ3v) is 17.9. The Balaban J connectivity index is 5.47. The van der Waals surface area contributed by atoms with Crippen LogP contribution in [-0.4, -0.2) is 96.7 Å². The second kappa shape index (κ2) is 75.9. The highest BCUT2D eigenvalue weighted by Crippen LogP contribution is 2.45. The van der Waals surface area contributed by atoms with Gasteiger partial charge in [0.2, 0.25) is 0 Å². The molecule has 0 aliphatic carbocycles. The molecule has 0 aromatic carbocycles. The van der Waals surface area contributed by atoms with Gasteiger partial charge in [0.1, 0.15) is 19.3 Å². The van der Waals surface area contributed by atoms with Crippen molar-refractivity contribution in [3.8, 4) is 0 Å². The highest BCUT2D eigenvalue weighted by Gasteiger charge is 2.30. The number of carbonyl (C=O) groups is 4. The first kappa shape index (κ1) is 98.7. The molecule has 0 fully saturated rings. The Bertz CT molecular complexity index is 2590. The Morgan fingerprint density at radius 1 is 0.288 bits per heavy atom. The molecule has 592 valence electrons. The lowest BCUT2D eigenvalue weighted by Crippen LogP contribution is -2.30. The Labute approximate surface area is 629 Å². The molecule has 104 heavy (non-hydrogen) atoms. The molecule has 0 rings (SSSR count). The summed E-state index contributed by atoms with van der Waals surface area (Å²) in [6.45, 7) is 4.37. The van der Waals surface area contributed by atoms with E-state index in [4.69, 9.17) is 37.0 Å². The summed E-state index contributed by atoms with van der Waals surface area (Å²) in [6.07, 6.45) is 88.3. The summed E-state index contributed by atoms with van der Waals surface area (Å²) < 4.78 is 68.4. The molecule has 0 saturated heterocycles. The van der Waals surface area contributed by atoms with Crippen molar-refractivity contribution in [2.75, 3.05) is 39.6 Å². The average Bonchev–Trinajstić information content (AvgIpc) is 1.21. The van der Waals surface area contributed by atoms with Gasteiger partial charge in [-0.05, 0) is 148 Å². The van der Waals surface area contributed by atoms with Gasteiger partial charge in [0.15, 0.2) is 12.2 Å². The van der Waals surface area contributed by atoms with Gasteiger partial charge in [0.05, 0.1) is 32.8 Å². The number of hydrogen-bond acceptors (Lipinski definition) is 15. The number of phosphoric acid groups is 2. The van der Waals surface area contributed by atoms with Crippen molar-refractivity contribution in [2.45, 2.75) is 316 Å². The number of esters is 4.